The van der Waals surface area contributed by atoms with Crippen LogP contribution in [0.5, 0.6) is 0 Å². The molecule has 2 saturated heterocycles. The van der Waals surface area contributed by atoms with Gasteiger partial charge in [-0.2, -0.15) is 0 Å². The van der Waals surface area contributed by atoms with Gasteiger partial charge in [0, 0.05) is 52.1 Å². The van der Waals surface area contributed by atoms with Crippen LogP contribution >= 0.6 is 11.6 Å². The summed E-state index contributed by atoms with van der Waals surface area (Å²) in [5.41, 5.74) is 0.513. The van der Waals surface area contributed by atoms with Crippen molar-refractivity contribution in [3.63, 3.8) is 0 Å². The van der Waals surface area contributed by atoms with Crippen LogP contribution in [0, 0.1) is 5.92 Å². The molecule has 0 radical (unpaired) electrons. The van der Waals surface area contributed by atoms with Crippen LogP contribution in [0.4, 0.5) is 0 Å². The minimum atomic E-state index is -0.0726. The molecular weight excluding hydrogens is 354 g/mol. The van der Waals surface area contributed by atoms with Crippen LogP contribution < -0.4 is 0 Å². The minimum Gasteiger partial charge on any atom is -0.339 e. The van der Waals surface area contributed by atoms with Gasteiger partial charge in [0.25, 0.3) is 5.91 Å². The smallest absolute Gasteiger partial charge is 0.255 e. The zero-order valence-corrected chi connectivity index (χ0v) is 15.7. The van der Waals surface area contributed by atoms with Crippen molar-refractivity contribution in [1.29, 1.82) is 0 Å². The van der Waals surface area contributed by atoms with Crippen molar-refractivity contribution in [2.45, 2.75) is 19.8 Å². The van der Waals surface area contributed by atoms with E-state index < -0.39 is 0 Å². The van der Waals surface area contributed by atoms with Crippen LogP contribution in [-0.4, -0.2) is 71.7 Å². The molecule has 0 unspecified atom stereocenters. The molecule has 2 fully saturated rings. The quantitative estimate of drug-likeness (QED) is 0.790. The molecule has 2 aliphatic heterocycles. The predicted octanol–water partition coefficient (Wildman–Crippen LogP) is 1.88. The monoisotopic (exact) mass is 377 g/mol. The maximum Gasteiger partial charge on any atom is 0.255 e. The number of hydrogen-bond donors (Lipinski definition) is 0. The van der Waals surface area contributed by atoms with E-state index in [9.17, 15) is 14.4 Å². The van der Waals surface area contributed by atoms with Gasteiger partial charge < -0.3 is 14.7 Å². The summed E-state index contributed by atoms with van der Waals surface area (Å²) in [6, 6.07) is 7.05. The number of piperazine rings is 1. The van der Waals surface area contributed by atoms with Crippen LogP contribution in [0.3, 0.4) is 0 Å². The number of likely N-dealkylation sites (tertiary alicyclic amines) is 1. The van der Waals surface area contributed by atoms with Gasteiger partial charge in [0.2, 0.25) is 11.8 Å². The Morgan fingerprint density at radius 2 is 1.46 bits per heavy atom. The zero-order chi connectivity index (χ0) is 18.7. The molecule has 140 valence electrons. The third kappa shape index (κ3) is 4.01. The van der Waals surface area contributed by atoms with E-state index in [1.54, 1.807) is 41.0 Å². The molecule has 26 heavy (non-hydrogen) atoms. The fourth-order valence-electron chi connectivity index (χ4n) is 3.63. The Hall–Kier alpha value is -2.08. The largest absolute Gasteiger partial charge is 0.339 e. The fourth-order valence-corrected chi connectivity index (χ4v) is 3.85. The maximum absolute atomic E-state index is 12.7. The molecule has 2 heterocycles. The topological polar surface area (TPSA) is 60.9 Å². The lowest BCUT2D eigenvalue weighted by Gasteiger charge is -2.38. The fraction of sp³-hybridized carbons (Fsp3) is 0.526. The third-order valence-electron chi connectivity index (χ3n) is 5.27. The maximum atomic E-state index is 12.7. The van der Waals surface area contributed by atoms with Crippen molar-refractivity contribution in [3.8, 4) is 0 Å². The molecule has 0 aliphatic carbocycles. The molecule has 0 atom stereocenters. The summed E-state index contributed by atoms with van der Waals surface area (Å²) in [6.07, 6.45) is 1.34. The minimum absolute atomic E-state index is 0.0471. The zero-order valence-electron chi connectivity index (χ0n) is 15.0. The van der Waals surface area contributed by atoms with E-state index in [2.05, 4.69) is 0 Å². The number of halogens is 1. The summed E-state index contributed by atoms with van der Waals surface area (Å²) < 4.78 is 0. The van der Waals surface area contributed by atoms with Crippen LogP contribution in [0.15, 0.2) is 24.3 Å². The second-order valence-corrected chi connectivity index (χ2v) is 7.28. The van der Waals surface area contributed by atoms with Crippen molar-refractivity contribution in [2.24, 2.45) is 5.92 Å². The van der Waals surface area contributed by atoms with Crippen molar-refractivity contribution in [2.75, 3.05) is 39.3 Å². The first-order chi connectivity index (χ1) is 12.5. The number of amides is 3. The van der Waals surface area contributed by atoms with Crippen molar-refractivity contribution >= 4 is 29.3 Å². The normalized spacial score (nSPS) is 18.8. The Morgan fingerprint density at radius 3 is 2.04 bits per heavy atom. The highest BCUT2D eigenvalue weighted by atomic mass is 35.5. The van der Waals surface area contributed by atoms with Crippen molar-refractivity contribution < 1.29 is 14.4 Å². The summed E-state index contributed by atoms with van der Waals surface area (Å²) >= 11 is 6.12. The Labute approximate surface area is 158 Å². The van der Waals surface area contributed by atoms with Gasteiger partial charge in [0.1, 0.15) is 0 Å². The lowest BCUT2D eigenvalue weighted by Crippen LogP contribution is -2.52. The molecular formula is C19H24ClN3O3. The Bertz CT molecular complexity index is 693. The molecule has 3 rings (SSSR count). The Balaban J connectivity index is 1.52. The second kappa shape index (κ2) is 8.08. The summed E-state index contributed by atoms with van der Waals surface area (Å²) in [5, 5.41) is 0.457. The van der Waals surface area contributed by atoms with Crippen molar-refractivity contribution in [3.05, 3.63) is 34.9 Å². The van der Waals surface area contributed by atoms with Crippen LogP contribution in [0.2, 0.25) is 5.02 Å². The standard InChI is InChI=1S/C19H24ClN3O3/c1-14(24)21-10-12-23(13-11-21)18(25)15-6-8-22(9-7-15)19(26)16-4-2-3-5-17(16)20/h2-5,15H,6-13H2,1H3. The second-order valence-electron chi connectivity index (χ2n) is 6.88. The molecule has 3 amide bonds. The molecule has 6 nitrogen and oxygen atoms in total. The van der Waals surface area contributed by atoms with E-state index in [-0.39, 0.29) is 23.6 Å². The Morgan fingerprint density at radius 1 is 0.885 bits per heavy atom. The van der Waals surface area contributed by atoms with E-state index >= 15 is 0 Å². The number of carbonyl (C=O) groups is 3. The van der Waals surface area contributed by atoms with Crippen LogP contribution in [-0.2, 0) is 9.59 Å². The first kappa shape index (κ1) is 18.7. The summed E-state index contributed by atoms with van der Waals surface area (Å²) in [4.78, 5) is 42.1. The van der Waals surface area contributed by atoms with E-state index in [0.29, 0.717) is 62.7 Å². The number of rotatable bonds is 2. The van der Waals surface area contributed by atoms with E-state index in [1.807, 2.05) is 4.90 Å². The number of nitrogens with zero attached hydrogens (tertiary/aromatic N) is 3. The number of piperidine rings is 1. The molecule has 2 aliphatic rings. The highest BCUT2D eigenvalue weighted by molar-refractivity contribution is 6.33. The van der Waals surface area contributed by atoms with Crippen LogP contribution in [0.25, 0.3) is 0 Å². The van der Waals surface area contributed by atoms with Gasteiger partial charge >= 0.3 is 0 Å². The molecule has 0 N–H and O–H groups in total. The number of benzene rings is 1. The SMILES string of the molecule is CC(=O)N1CCN(C(=O)C2CCN(C(=O)c3ccccc3Cl)CC2)CC1. The molecule has 7 heteroatoms. The first-order valence-corrected chi connectivity index (χ1v) is 9.43. The first-order valence-electron chi connectivity index (χ1n) is 9.05. The molecule has 1 aromatic rings. The summed E-state index contributed by atoms with van der Waals surface area (Å²) in [5.74, 6) is 0.0901. The molecule has 0 aromatic heterocycles. The lowest BCUT2D eigenvalue weighted by molar-refractivity contribution is -0.142. The molecule has 0 saturated carbocycles. The third-order valence-corrected chi connectivity index (χ3v) is 5.60. The Kier molecular flexibility index (Phi) is 5.81. The highest BCUT2D eigenvalue weighted by Gasteiger charge is 2.32. The van der Waals surface area contributed by atoms with Gasteiger partial charge in [-0.1, -0.05) is 23.7 Å². The summed E-state index contributed by atoms with van der Waals surface area (Å²) in [6.45, 7) is 5.08. The average Bonchev–Trinajstić information content (AvgIpc) is 2.67. The predicted molar refractivity (Wildman–Crippen MR) is 98.9 cm³/mol. The number of hydrogen-bond acceptors (Lipinski definition) is 3. The van der Waals surface area contributed by atoms with Crippen molar-refractivity contribution in [1.82, 2.24) is 14.7 Å². The lowest BCUT2D eigenvalue weighted by atomic mass is 9.94. The van der Waals surface area contributed by atoms with Gasteiger partial charge in [-0.25, -0.2) is 0 Å². The molecule has 0 spiro atoms. The van der Waals surface area contributed by atoms with Crippen LogP contribution in [0.1, 0.15) is 30.1 Å². The van der Waals surface area contributed by atoms with E-state index in [1.165, 1.54) is 0 Å². The van der Waals surface area contributed by atoms with E-state index in [4.69, 9.17) is 11.6 Å². The van der Waals surface area contributed by atoms with Gasteiger partial charge in [-0.05, 0) is 25.0 Å². The summed E-state index contributed by atoms with van der Waals surface area (Å²) in [7, 11) is 0. The highest BCUT2D eigenvalue weighted by Crippen LogP contribution is 2.24. The number of carbonyl (C=O) groups excluding carboxylic acids is 3. The van der Waals surface area contributed by atoms with Gasteiger partial charge in [0.05, 0.1) is 10.6 Å². The van der Waals surface area contributed by atoms with E-state index in [0.717, 1.165) is 0 Å². The molecule has 0 bridgehead atoms. The average molecular weight is 378 g/mol. The van der Waals surface area contributed by atoms with Gasteiger partial charge in [0.15, 0.2) is 0 Å². The van der Waals surface area contributed by atoms with Gasteiger partial charge in [-0.3, -0.25) is 14.4 Å². The van der Waals surface area contributed by atoms with Gasteiger partial charge in [-0.15, -0.1) is 0 Å². The molecule has 1 aromatic carbocycles.